The molecule has 2 heterocycles. The number of aromatic amines is 1. The van der Waals surface area contributed by atoms with Crippen molar-refractivity contribution in [1.29, 1.82) is 0 Å². The minimum atomic E-state index is -4.29. The molecule has 0 bridgehead atoms. The van der Waals surface area contributed by atoms with E-state index in [0.717, 1.165) is 10.8 Å². The summed E-state index contributed by atoms with van der Waals surface area (Å²) >= 11 is 0. The van der Waals surface area contributed by atoms with Crippen molar-refractivity contribution in [2.24, 2.45) is 0 Å². The van der Waals surface area contributed by atoms with Gasteiger partial charge in [0.25, 0.3) is 5.56 Å². The van der Waals surface area contributed by atoms with E-state index in [9.17, 15) is 28.2 Å². The number of rotatable bonds is 7. The molecule has 1 aliphatic heterocycles. The van der Waals surface area contributed by atoms with Crippen LogP contribution in [-0.2, 0) is 20.0 Å². The molecule has 4 atom stereocenters. The van der Waals surface area contributed by atoms with Crippen molar-refractivity contribution >= 4 is 9.84 Å². The zero-order chi connectivity index (χ0) is 28.7. The predicted octanol–water partition coefficient (Wildman–Crippen LogP) is 2.26. The van der Waals surface area contributed by atoms with Crippen LogP contribution in [0.5, 0.6) is 0 Å². The van der Waals surface area contributed by atoms with Gasteiger partial charge in [0.2, 0.25) is 0 Å². The van der Waals surface area contributed by atoms with E-state index in [4.69, 9.17) is 4.74 Å². The normalized spacial score (nSPS) is 22.2. The van der Waals surface area contributed by atoms with E-state index < -0.39 is 56.3 Å². The molecule has 0 saturated carbocycles. The number of ether oxygens (including phenoxy) is 1. The second kappa shape index (κ2) is 10.3. The van der Waals surface area contributed by atoms with Gasteiger partial charge in [0.15, 0.2) is 14.8 Å². The summed E-state index contributed by atoms with van der Waals surface area (Å²) in [6.45, 7) is 1.49. The summed E-state index contributed by atoms with van der Waals surface area (Å²) in [5.74, 6) is 0. The molecular weight excluding hydrogens is 532 g/mol. The first kappa shape index (κ1) is 27.7. The van der Waals surface area contributed by atoms with Crippen LogP contribution in [0, 0.1) is 6.92 Å². The fourth-order valence-corrected chi connectivity index (χ4v) is 6.73. The summed E-state index contributed by atoms with van der Waals surface area (Å²) in [4.78, 5) is 24.3. The van der Waals surface area contributed by atoms with Crippen LogP contribution in [0.4, 0.5) is 0 Å². The number of H-pyrrole nitrogens is 1. The lowest BCUT2D eigenvalue weighted by molar-refractivity contribution is -0.107. The number of nitrogens with zero attached hydrogens (tertiary/aromatic N) is 1. The third-order valence-corrected chi connectivity index (χ3v) is 9.41. The van der Waals surface area contributed by atoms with Crippen molar-refractivity contribution in [2.75, 3.05) is 6.26 Å². The number of aliphatic hydroxyl groups excluding tert-OH is 1. The predicted molar refractivity (Wildman–Crippen MR) is 150 cm³/mol. The Morgan fingerprint density at radius 2 is 1.38 bits per heavy atom. The molecule has 9 nitrogen and oxygen atoms in total. The van der Waals surface area contributed by atoms with Crippen molar-refractivity contribution in [2.45, 2.75) is 42.1 Å². The number of aryl methyl sites for hydroxylation is 1. The van der Waals surface area contributed by atoms with E-state index >= 15 is 0 Å². The molecule has 1 unspecified atom stereocenters. The lowest BCUT2D eigenvalue weighted by Crippen LogP contribution is -2.58. The number of hydrogen-bond donors (Lipinski definition) is 3. The average molecular weight is 563 g/mol. The molecule has 5 rings (SSSR count). The number of sulfone groups is 1. The summed E-state index contributed by atoms with van der Waals surface area (Å²) in [6, 6.07) is 27.3. The van der Waals surface area contributed by atoms with Gasteiger partial charge in [-0.2, -0.15) is 0 Å². The van der Waals surface area contributed by atoms with Gasteiger partial charge >= 0.3 is 5.69 Å². The van der Waals surface area contributed by atoms with Crippen molar-refractivity contribution in [1.82, 2.24) is 9.55 Å². The van der Waals surface area contributed by atoms with Crippen LogP contribution < -0.4 is 11.2 Å². The topological polar surface area (TPSA) is 139 Å². The van der Waals surface area contributed by atoms with Gasteiger partial charge < -0.3 is 14.9 Å². The Morgan fingerprint density at radius 1 is 0.925 bits per heavy atom. The molecule has 1 aromatic heterocycles. The summed E-state index contributed by atoms with van der Waals surface area (Å²) in [5, 5.41) is 24.3. The molecule has 0 spiro atoms. The number of hydrogen-bond acceptors (Lipinski definition) is 7. The van der Waals surface area contributed by atoms with Crippen LogP contribution in [0.2, 0.25) is 0 Å². The van der Waals surface area contributed by atoms with Crippen molar-refractivity contribution in [3.63, 3.8) is 0 Å². The lowest BCUT2D eigenvalue weighted by Gasteiger charge is -2.44. The van der Waals surface area contributed by atoms with Gasteiger partial charge in [-0.05, 0) is 23.6 Å². The van der Waals surface area contributed by atoms with Gasteiger partial charge in [0.1, 0.15) is 18.4 Å². The number of nitrogens with one attached hydrogen (secondary N) is 1. The zero-order valence-electron chi connectivity index (χ0n) is 22.0. The molecule has 0 aliphatic carbocycles. The van der Waals surface area contributed by atoms with Crippen LogP contribution in [-0.4, -0.2) is 51.6 Å². The van der Waals surface area contributed by atoms with Gasteiger partial charge in [0, 0.05) is 24.4 Å². The largest absolute Gasteiger partial charge is 0.389 e. The Morgan fingerprint density at radius 3 is 1.80 bits per heavy atom. The fraction of sp³-hybridized carbons (Fsp3) is 0.267. The average Bonchev–Trinajstić information content (AvgIpc) is 3.31. The van der Waals surface area contributed by atoms with Crippen molar-refractivity contribution in [3.8, 4) is 0 Å². The highest BCUT2D eigenvalue weighted by molar-refractivity contribution is 7.92. The summed E-state index contributed by atoms with van der Waals surface area (Å²) in [7, 11) is -4.29. The van der Waals surface area contributed by atoms with E-state index in [1.807, 2.05) is 91.0 Å². The highest BCUT2D eigenvalue weighted by Crippen LogP contribution is 2.50. The Bertz CT molecular complexity index is 1620. The highest BCUT2D eigenvalue weighted by atomic mass is 32.2. The Balaban J connectivity index is 1.77. The number of aromatic nitrogens is 2. The Kier molecular flexibility index (Phi) is 7.13. The molecule has 4 aromatic rings. The van der Waals surface area contributed by atoms with E-state index in [-0.39, 0.29) is 5.56 Å². The molecule has 40 heavy (non-hydrogen) atoms. The minimum absolute atomic E-state index is 0.197. The van der Waals surface area contributed by atoms with Gasteiger partial charge in [-0.1, -0.05) is 91.0 Å². The summed E-state index contributed by atoms with van der Waals surface area (Å²) < 4.78 is 33.6. The third kappa shape index (κ3) is 4.43. The van der Waals surface area contributed by atoms with E-state index in [2.05, 4.69) is 4.98 Å². The van der Waals surface area contributed by atoms with Gasteiger partial charge in [-0.15, -0.1) is 0 Å². The smallest absolute Gasteiger partial charge is 0.330 e. The summed E-state index contributed by atoms with van der Waals surface area (Å²) in [5.41, 5.74) is -0.701. The standard InChI is InChI=1S/C30H30N2O7S/c1-20-19-32(28(35)31-27(20)34)24-18-29(36,40(2,37)38)26(39-24)25(33)30(21-12-6-3-7-13-21,22-14-8-4-9-15-22)23-16-10-5-11-17-23/h3-17,19,24-26,33,36H,18H2,1-2H3,(H,31,34,35)/t24-,25?,26-,29-/m1/s1. The van der Waals surface area contributed by atoms with E-state index in [1.54, 1.807) is 0 Å². The third-order valence-electron chi connectivity index (χ3n) is 7.73. The van der Waals surface area contributed by atoms with Gasteiger partial charge in [0.05, 0.1) is 5.41 Å². The molecule has 3 N–H and O–H groups in total. The quantitative estimate of drug-likeness (QED) is 0.294. The fourth-order valence-electron chi connectivity index (χ4n) is 5.68. The second-order valence-electron chi connectivity index (χ2n) is 10.2. The maximum atomic E-state index is 13.2. The molecule has 208 valence electrons. The lowest BCUT2D eigenvalue weighted by atomic mass is 9.64. The first-order chi connectivity index (χ1) is 19.0. The van der Waals surface area contributed by atoms with E-state index in [1.165, 1.54) is 13.1 Å². The molecule has 3 aromatic carbocycles. The molecule has 10 heteroatoms. The van der Waals surface area contributed by atoms with Crippen LogP contribution >= 0.6 is 0 Å². The monoisotopic (exact) mass is 562 g/mol. The second-order valence-corrected chi connectivity index (χ2v) is 12.4. The Hall–Kier alpha value is -3.83. The maximum Gasteiger partial charge on any atom is 0.330 e. The molecule has 0 radical (unpaired) electrons. The van der Waals surface area contributed by atoms with E-state index in [0.29, 0.717) is 16.7 Å². The zero-order valence-corrected chi connectivity index (χ0v) is 22.8. The number of benzene rings is 3. The number of aliphatic hydroxyl groups is 2. The van der Waals surface area contributed by atoms with Gasteiger partial charge in [-0.25, -0.2) is 13.2 Å². The SMILES string of the molecule is Cc1cn([C@H]2C[C@@](O)(S(C)(=O)=O)[C@@H](C(O)C(c3ccccc3)(c3ccccc3)c3ccccc3)O2)c(=O)[nH]c1=O. The molecule has 1 saturated heterocycles. The molecule has 1 fully saturated rings. The summed E-state index contributed by atoms with van der Waals surface area (Å²) in [6.07, 6.45) is -3.08. The first-order valence-corrected chi connectivity index (χ1v) is 14.6. The van der Waals surface area contributed by atoms with Crippen molar-refractivity contribution in [3.05, 3.63) is 140 Å². The highest BCUT2D eigenvalue weighted by Gasteiger charge is 2.62. The first-order valence-electron chi connectivity index (χ1n) is 12.7. The molecule has 1 aliphatic rings. The van der Waals surface area contributed by atoms with Crippen LogP contribution in [0.3, 0.4) is 0 Å². The van der Waals surface area contributed by atoms with Crippen LogP contribution in [0.1, 0.15) is 34.9 Å². The molecular formula is C30H30N2O7S. The van der Waals surface area contributed by atoms with Gasteiger partial charge in [-0.3, -0.25) is 14.3 Å². The van der Waals surface area contributed by atoms with Crippen LogP contribution in [0.25, 0.3) is 0 Å². The Labute approximate surface area is 231 Å². The minimum Gasteiger partial charge on any atom is -0.389 e. The maximum absolute atomic E-state index is 13.2. The van der Waals surface area contributed by atoms with Crippen molar-refractivity contribution < 1.29 is 23.4 Å². The van der Waals surface area contributed by atoms with Crippen LogP contribution in [0.15, 0.2) is 107 Å². The molecule has 0 amide bonds.